The van der Waals surface area contributed by atoms with Gasteiger partial charge in [0.25, 0.3) is 0 Å². The lowest BCUT2D eigenvalue weighted by molar-refractivity contribution is -0.240. The SMILES string of the molecule is N[C@H]1[C@H](Oc2[nH]c(=O)ncc2F)O[C@H](CO)[C@H](O)[C@@H]1O. The Hall–Kier alpha value is -1.59. The summed E-state index contributed by atoms with van der Waals surface area (Å²) < 4.78 is 23.5. The molecule has 1 aromatic rings. The van der Waals surface area contributed by atoms with Crippen molar-refractivity contribution in [1.82, 2.24) is 9.97 Å². The molecule has 1 aliphatic heterocycles. The quantitative estimate of drug-likeness (QED) is 0.396. The highest BCUT2D eigenvalue weighted by Crippen LogP contribution is 2.22. The molecule has 0 bridgehead atoms. The van der Waals surface area contributed by atoms with E-state index < -0.39 is 54.6 Å². The van der Waals surface area contributed by atoms with Crippen LogP contribution in [0.3, 0.4) is 0 Å². The molecule has 1 aliphatic rings. The number of nitrogens with one attached hydrogen (secondary N) is 1. The predicted molar refractivity (Wildman–Crippen MR) is 61.2 cm³/mol. The van der Waals surface area contributed by atoms with Crippen molar-refractivity contribution < 1.29 is 29.2 Å². The van der Waals surface area contributed by atoms with Gasteiger partial charge in [0, 0.05) is 0 Å². The molecule has 112 valence electrons. The molecular weight excluding hydrogens is 277 g/mol. The first-order chi connectivity index (χ1) is 9.43. The second-order valence-electron chi connectivity index (χ2n) is 4.27. The molecule has 0 unspecified atom stereocenters. The highest BCUT2D eigenvalue weighted by molar-refractivity contribution is 5.09. The number of aromatic amines is 1. The summed E-state index contributed by atoms with van der Waals surface area (Å²) in [6.07, 6.45) is -4.71. The molecule has 20 heavy (non-hydrogen) atoms. The largest absolute Gasteiger partial charge is 0.445 e. The topological polar surface area (TPSA) is 151 Å². The van der Waals surface area contributed by atoms with Crippen LogP contribution in [-0.4, -0.2) is 62.5 Å². The van der Waals surface area contributed by atoms with Crippen LogP contribution in [0.4, 0.5) is 4.39 Å². The minimum absolute atomic E-state index is 0.564. The molecular formula is C10H14FN3O6. The highest BCUT2D eigenvalue weighted by Gasteiger charge is 2.44. The number of H-pyrrole nitrogens is 1. The zero-order valence-electron chi connectivity index (χ0n) is 10.1. The van der Waals surface area contributed by atoms with Gasteiger partial charge >= 0.3 is 5.69 Å². The molecule has 0 spiro atoms. The van der Waals surface area contributed by atoms with Crippen LogP contribution in [0.1, 0.15) is 0 Å². The number of rotatable bonds is 3. The van der Waals surface area contributed by atoms with E-state index in [0.29, 0.717) is 6.20 Å². The molecule has 5 atom stereocenters. The Bertz CT molecular complexity index is 524. The average molecular weight is 291 g/mol. The van der Waals surface area contributed by atoms with E-state index in [1.54, 1.807) is 0 Å². The molecule has 0 aromatic carbocycles. The number of aliphatic hydroxyl groups is 3. The Morgan fingerprint density at radius 2 is 2.20 bits per heavy atom. The molecule has 0 saturated carbocycles. The van der Waals surface area contributed by atoms with Crippen LogP contribution in [0.15, 0.2) is 11.0 Å². The van der Waals surface area contributed by atoms with Crippen LogP contribution in [0.5, 0.6) is 5.88 Å². The third-order valence-electron chi connectivity index (χ3n) is 2.89. The van der Waals surface area contributed by atoms with Gasteiger partial charge in [0.15, 0.2) is 0 Å². The van der Waals surface area contributed by atoms with Gasteiger partial charge in [-0.2, -0.15) is 9.37 Å². The summed E-state index contributed by atoms with van der Waals surface area (Å²) in [6.45, 7) is -0.597. The Balaban J connectivity index is 2.19. The second-order valence-corrected chi connectivity index (χ2v) is 4.27. The Morgan fingerprint density at radius 3 is 2.85 bits per heavy atom. The molecule has 1 aromatic heterocycles. The molecule has 0 aliphatic carbocycles. The zero-order chi connectivity index (χ0) is 14.9. The first kappa shape index (κ1) is 14.8. The van der Waals surface area contributed by atoms with Gasteiger partial charge < -0.3 is 30.5 Å². The summed E-state index contributed by atoms with van der Waals surface area (Å²) in [5.41, 5.74) is 4.75. The smallest absolute Gasteiger partial charge is 0.347 e. The molecule has 2 rings (SSSR count). The van der Waals surface area contributed by atoms with Crippen molar-refractivity contribution in [2.45, 2.75) is 30.6 Å². The monoisotopic (exact) mass is 291 g/mol. The molecule has 0 radical (unpaired) electrons. The lowest BCUT2D eigenvalue weighted by atomic mass is 9.98. The van der Waals surface area contributed by atoms with E-state index in [1.165, 1.54) is 0 Å². The standard InChI is InChI=1S/C10H14FN3O6/c11-3-1-13-10(18)14-8(3)20-9-5(12)7(17)6(16)4(2-15)19-9/h1,4-7,9,15-17H,2,12H2,(H,13,14,18)/t4-,5-,6+,7-,9+/m1/s1. The van der Waals surface area contributed by atoms with E-state index in [4.69, 9.17) is 20.3 Å². The van der Waals surface area contributed by atoms with Crippen LogP contribution in [0.25, 0.3) is 0 Å². The fourth-order valence-corrected chi connectivity index (χ4v) is 1.77. The van der Waals surface area contributed by atoms with Crippen molar-refractivity contribution >= 4 is 0 Å². The molecule has 10 heteroatoms. The summed E-state index contributed by atoms with van der Waals surface area (Å²) in [6, 6.07) is -1.20. The molecule has 0 amide bonds. The summed E-state index contributed by atoms with van der Waals surface area (Å²) in [5, 5.41) is 28.3. The van der Waals surface area contributed by atoms with Crippen molar-refractivity contribution in [3.63, 3.8) is 0 Å². The average Bonchev–Trinajstić information content (AvgIpc) is 2.43. The van der Waals surface area contributed by atoms with Gasteiger partial charge in [0.1, 0.15) is 18.3 Å². The number of halogens is 1. The van der Waals surface area contributed by atoms with Gasteiger partial charge in [0.05, 0.1) is 18.8 Å². The van der Waals surface area contributed by atoms with Gasteiger partial charge in [0.2, 0.25) is 18.0 Å². The number of hydrogen-bond donors (Lipinski definition) is 5. The summed E-state index contributed by atoms with van der Waals surface area (Å²) >= 11 is 0. The molecule has 2 heterocycles. The van der Waals surface area contributed by atoms with Crippen molar-refractivity contribution in [2.75, 3.05) is 6.61 Å². The number of aliphatic hydroxyl groups excluding tert-OH is 3. The molecule has 1 saturated heterocycles. The van der Waals surface area contributed by atoms with Gasteiger partial charge in [-0.15, -0.1) is 0 Å². The maximum atomic E-state index is 13.4. The van der Waals surface area contributed by atoms with E-state index in [0.717, 1.165) is 0 Å². The van der Waals surface area contributed by atoms with E-state index >= 15 is 0 Å². The first-order valence-corrected chi connectivity index (χ1v) is 5.73. The third kappa shape index (κ3) is 2.78. The van der Waals surface area contributed by atoms with E-state index in [2.05, 4.69) is 4.98 Å². The zero-order valence-corrected chi connectivity index (χ0v) is 10.1. The maximum absolute atomic E-state index is 13.4. The van der Waals surface area contributed by atoms with Crippen LogP contribution >= 0.6 is 0 Å². The fraction of sp³-hybridized carbons (Fsp3) is 0.600. The molecule has 1 fully saturated rings. The van der Waals surface area contributed by atoms with Gasteiger partial charge in [-0.05, 0) is 0 Å². The van der Waals surface area contributed by atoms with E-state index in [-0.39, 0.29) is 0 Å². The third-order valence-corrected chi connectivity index (χ3v) is 2.89. The highest BCUT2D eigenvalue weighted by atomic mass is 19.1. The first-order valence-electron chi connectivity index (χ1n) is 5.73. The number of nitrogens with two attached hydrogens (primary N) is 1. The molecule has 9 nitrogen and oxygen atoms in total. The van der Waals surface area contributed by atoms with Gasteiger partial charge in [-0.1, -0.05) is 0 Å². The summed E-state index contributed by atoms with van der Waals surface area (Å²) in [7, 11) is 0. The second kappa shape index (κ2) is 5.81. The van der Waals surface area contributed by atoms with Gasteiger partial charge in [-0.3, -0.25) is 4.98 Å². The van der Waals surface area contributed by atoms with E-state index in [9.17, 15) is 19.4 Å². The lowest BCUT2D eigenvalue weighted by Crippen LogP contribution is -2.63. The van der Waals surface area contributed by atoms with Crippen LogP contribution in [-0.2, 0) is 4.74 Å². The number of nitrogens with zero attached hydrogens (tertiary/aromatic N) is 1. The van der Waals surface area contributed by atoms with Crippen molar-refractivity contribution in [2.24, 2.45) is 5.73 Å². The van der Waals surface area contributed by atoms with Gasteiger partial charge in [-0.25, -0.2) is 4.79 Å². The fourth-order valence-electron chi connectivity index (χ4n) is 1.77. The lowest BCUT2D eigenvalue weighted by Gasteiger charge is -2.40. The maximum Gasteiger partial charge on any atom is 0.347 e. The van der Waals surface area contributed by atoms with Crippen LogP contribution in [0, 0.1) is 5.82 Å². The van der Waals surface area contributed by atoms with Crippen LogP contribution < -0.4 is 16.2 Å². The van der Waals surface area contributed by atoms with E-state index in [1.807, 2.05) is 4.98 Å². The number of ether oxygens (including phenoxy) is 2. The van der Waals surface area contributed by atoms with Crippen molar-refractivity contribution in [3.05, 3.63) is 22.5 Å². The summed E-state index contributed by atoms with van der Waals surface area (Å²) in [4.78, 5) is 16.1. The Kier molecular flexibility index (Phi) is 4.30. The molecule has 6 N–H and O–H groups in total. The minimum atomic E-state index is -1.44. The number of hydrogen-bond acceptors (Lipinski definition) is 8. The van der Waals surface area contributed by atoms with Crippen LogP contribution in [0.2, 0.25) is 0 Å². The van der Waals surface area contributed by atoms with Crippen molar-refractivity contribution in [1.29, 1.82) is 0 Å². The Morgan fingerprint density at radius 1 is 1.50 bits per heavy atom. The summed E-state index contributed by atoms with van der Waals surface area (Å²) in [5.74, 6) is -1.52. The minimum Gasteiger partial charge on any atom is -0.445 e. The normalized spacial score (nSPS) is 34.0. The Labute approximate surface area is 111 Å². The number of aromatic nitrogens is 2. The van der Waals surface area contributed by atoms with Crippen molar-refractivity contribution in [3.8, 4) is 5.88 Å². The predicted octanol–water partition coefficient (Wildman–Crippen LogP) is -2.95.